The highest BCUT2D eigenvalue weighted by atomic mass is 35.5. The number of nitrogens with zero attached hydrogens (tertiary/aromatic N) is 2. The molecular weight excluding hydrogens is 635 g/mol. The van der Waals surface area contributed by atoms with Gasteiger partial charge in [-0.05, 0) is 54.1 Å². The normalized spacial score (nSPS) is 11.0. The van der Waals surface area contributed by atoms with Gasteiger partial charge in [-0.25, -0.2) is 4.79 Å². The molecular formula is C35H29Cl3N2O5. The first kappa shape index (κ1) is 32.1. The van der Waals surface area contributed by atoms with Gasteiger partial charge >= 0.3 is 5.97 Å². The number of halogens is 3. The first-order valence-electron chi connectivity index (χ1n) is 14.1. The van der Waals surface area contributed by atoms with Crippen molar-refractivity contribution < 1.29 is 23.6 Å². The summed E-state index contributed by atoms with van der Waals surface area (Å²) in [5, 5.41) is 5.35. The van der Waals surface area contributed by atoms with Crippen LogP contribution in [0.25, 0.3) is 11.3 Å². The van der Waals surface area contributed by atoms with Crippen LogP contribution >= 0.6 is 34.8 Å². The molecule has 0 aliphatic rings. The zero-order valence-corrected chi connectivity index (χ0v) is 27.0. The van der Waals surface area contributed by atoms with Gasteiger partial charge in [0, 0.05) is 17.2 Å². The molecule has 4 aromatic carbocycles. The second-order valence-corrected chi connectivity index (χ2v) is 11.7. The summed E-state index contributed by atoms with van der Waals surface area (Å²) >= 11 is 19.7. The van der Waals surface area contributed by atoms with Crippen LogP contribution in [0.3, 0.4) is 0 Å². The predicted octanol–water partition coefficient (Wildman–Crippen LogP) is 9.64. The number of carbonyl (C=O) groups excluding carboxylic acids is 2. The van der Waals surface area contributed by atoms with E-state index in [4.69, 9.17) is 48.8 Å². The Morgan fingerprint density at radius 1 is 0.867 bits per heavy atom. The van der Waals surface area contributed by atoms with Crippen molar-refractivity contribution in [3.05, 3.63) is 134 Å². The number of rotatable bonds is 10. The maximum Gasteiger partial charge on any atom is 0.337 e. The molecule has 45 heavy (non-hydrogen) atoms. The fraction of sp³-hybridized carbons (Fsp3) is 0.171. The minimum atomic E-state index is -0.503. The number of hydrogen-bond acceptors (Lipinski definition) is 6. The van der Waals surface area contributed by atoms with Gasteiger partial charge in [-0.15, -0.1) is 0 Å². The van der Waals surface area contributed by atoms with E-state index in [1.54, 1.807) is 65.6 Å². The lowest BCUT2D eigenvalue weighted by molar-refractivity contribution is 0.0600. The number of aromatic nitrogens is 1. The molecule has 10 heteroatoms. The zero-order chi connectivity index (χ0) is 32.1. The lowest BCUT2D eigenvalue weighted by Crippen LogP contribution is -2.31. The van der Waals surface area contributed by atoms with Gasteiger partial charge in [-0.2, -0.15) is 0 Å². The summed E-state index contributed by atoms with van der Waals surface area (Å²) in [6.07, 6.45) is 0. The minimum absolute atomic E-state index is 0.0166. The van der Waals surface area contributed by atoms with Crippen molar-refractivity contribution in [1.29, 1.82) is 0 Å². The molecule has 0 bridgehead atoms. The minimum Gasteiger partial charge on any atom is -0.489 e. The molecule has 0 saturated heterocycles. The van der Waals surface area contributed by atoms with Crippen molar-refractivity contribution in [2.45, 2.75) is 32.9 Å². The third-order valence-corrected chi connectivity index (χ3v) is 8.05. The van der Waals surface area contributed by atoms with Gasteiger partial charge < -0.3 is 18.9 Å². The number of hydrogen-bond donors (Lipinski definition) is 0. The molecule has 1 aromatic heterocycles. The van der Waals surface area contributed by atoms with Crippen LogP contribution in [0.4, 0.5) is 5.69 Å². The van der Waals surface area contributed by atoms with Crippen molar-refractivity contribution in [1.82, 2.24) is 5.16 Å². The standard InChI is InChI=1S/C35H29Cl3N2O5/c1-21(2)33-27(32(39-45-33)31-28(36)13-8-14-29(31)37)20-44-25-15-16-26(30(38)18-25)34(41)40(19-22-9-5-4-6-10-22)24-12-7-11-23(17-24)35(42)43-3/h4-18,21H,19-20H2,1-3H3. The fourth-order valence-corrected chi connectivity index (χ4v) is 5.69. The number of ether oxygens (including phenoxy) is 2. The molecule has 0 atom stereocenters. The van der Waals surface area contributed by atoms with E-state index in [0.29, 0.717) is 49.6 Å². The number of methoxy groups -OCH3 is 1. The molecule has 0 radical (unpaired) electrons. The number of amides is 1. The van der Waals surface area contributed by atoms with Crippen LogP contribution < -0.4 is 9.64 Å². The summed E-state index contributed by atoms with van der Waals surface area (Å²) in [5.41, 5.74) is 3.76. The smallest absolute Gasteiger partial charge is 0.337 e. The van der Waals surface area contributed by atoms with E-state index < -0.39 is 5.97 Å². The van der Waals surface area contributed by atoms with Gasteiger partial charge in [0.15, 0.2) is 0 Å². The number of esters is 1. The molecule has 5 aromatic rings. The molecule has 0 aliphatic heterocycles. The van der Waals surface area contributed by atoms with E-state index in [0.717, 1.165) is 5.56 Å². The monoisotopic (exact) mass is 662 g/mol. The summed E-state index contributed by atoms with van der Waals surface area (Å²) < 4.78 is 16.7. The van der Waals surface area contributed by atoms with Crippen LogP contribution in [-0.2, 0) is 17.9 Å². The molecule has 1 heterocycles. The molecule has 7 nitrogen and oxygen atoms in total. The number of benzene rings is 4. The van der Waals surface area contributed by atoms with Gasteiger partial charge in [0.1, 0.15) is 23.8 Å². The average molecular weight is 664 g/mol. The molecule has 230 valence electrons. The van der Waals surface area contributed by atoms with E-state index in [-0.39, 0.29) is 35.6 Å². The SMILES string of the molecule is COC(=O)c1cccc(N(Cc2ccccc2)C(=O)c2ccc(OCc3c(-c4c(Cl)cccc4Cl)noc3C(C)C)cc2Cl)c1. The van der Waals surface area contributed by atoms with Gasteiger partial charge in [0.2, 0.25) is 0 Å². The Balaban J connectivity index is 1.43. The topological polar surface area (TPSA) is 81.9 Å². The van der Waals surface area contributed by atoms with E-state index in [1.165, 1.54) is 7.11 Å². The maximum absolute atomic E-state index is 14.0. The Hall–Kier alpha value is -4.30. The quantitative estimate of drug-likeness (QED) is 0.138. The fourth-order valence-electron chi connectivity index (χ4n) is 4.86. The van der Waals surface area contributed by atoms with Crippen LogP contribution in [0.2, 0.25) is 15.1 Å². The third-order valence-electron chi connectivity index (χ3n) is 7.10. The van der Waals surface area contributed by atoms with Crippen molar-refractivity contribution >= 4 is 52.4 Å². The molecule has 0 aliphatic carbocycles. The van der Waals surface area contributed by atoms with Crippen LogP contribution in [-0.4, -0.2) is 24.1 Å². The van der Waals surface area contributed by atoms with Crippen LogP contribution in [0.1, 0.15) is 57.4 Å². The molecule has 0 saturated carbocycles. The predicted molar refractivity (Wildman–Crippen MR) is 177 cm³/mol. The lowest BCUT2D eigenvalue weighted by atomic mass is 10.0. The summed E-state index contributed by atoms with van der Waals surface area (Å²) in [6.45, 7) is 4.32. The molecule has 5 rings (SSSR count). The summed E-state index contributed by atoms with van der Waals surface area (Å²) in [7, 11) is 1.31. The van der Waals surface area contributed by atoms with Crippen LogP contribution in [0.5, 0.6) is 5.75 Å². The van der Waals surface area contributed by atoms with E-state index in [2.05, 4.69) is 5.16 Å². The van der Waals surface area contributed by atoms with E-state index in [9.17, 15) is 9.59 Å². The molecule has 1 amide bonds. The largest absolute Gasteiger partial charge is 0.489 e. The summed E-state index contributed by atoms with van der Waals surface area (Å²) in [6, 6.07) is 26.3. The van der Waals surface area contributed by atoms with Gasteiger partial charge in [0.05, 0.1) is 45.4 Å². The van der Waals surface area contributed by atoms with Crippen molar-refractivity contribution in [3.63, 3.8) is 0 Å². The number of carbonyl (C=O) groups is 2. The molecule has 0 fully saturated rings. The van der Waals surface area contributed by atoms with Crippen LogP contribution in [0.15, 0.2) is 95.5 Å². The Bertz CT molecular complexity index is 1820. The zero-order valence-electron chi connectivity index (χ0n) is 24.7. The van der Waals surface area contributed by atoms with E-state index >= 15 is 0 Å². The number of anilines is 1. The molecule has 0 N–H and O–H groups in total. The highest BCUT2D eigenvalue weighted by Crippen LogP contribution is 2.39. The second kappa shape index (κ2) is 14.2. The first-order valence-corrected chi connectivity index (χ1v) is 15.2. The Morgan fingerprint density at radius 3 is 2.24 bits per heavy atom. The molecule has 0 unspecified atom stereocenters. The highest BCUT2D eigenvalue weighted by molar-refractivity contribution is 6.39. The maximum atomic E-state index is 14.0. The van der Waals surface area contributed by atoms with E-state index in [1.807, 2.05) is 44.2 Å². The van der Waals surface area contributed by atoms with Crippen molar-refractivity contribution in [3.8, 4) is 17.0 Å². The van der Waals surface area contributed by atoms with Crippen molar-refractivity contribution in [2.24, 2.45) is 0 Å². The lowest BCUT2D eigenvalue weighted by Gasteiger charge is -2.24. The molecule has 0 spiro atoms. The highest BCUT2D eigenvalue weighted by Gasteiger charge is 2.25. The summed E-state index contributed by atoms with van der Waals surface area (Å²) in [4.78, 5) is 27.8. The second-order valence-electron chi connectivity index (χ2n) is 10.5. The Labute approximate surface area is 276 Å². The van der Waals surface area contributed by atoms with Gasteiger partial charge in [-0.3, -0.25) is 4.79 Å². The Kier molecular flexibility index (Phi) is 10.1. The van der Waals surface area contributed by atoms with Crippen molar-refractivity contribution in [2.75, 3.05) is 12.0 Å². The summed E-state index contributed by atoms with van der Waals surface area (Å²) in [5.74, 6) is 0.240. The van der Waals surface area contributed by atoms with Gasteiger partial charge in [0.25, 0.3) is 5.91 Å². The average Bonchev–Trinajstić information content (AvgIpc) is 3.46. The third kappa shape index (κ3) is 7.17. The Morgan fingerprint density at radius 2 is 1.58 bits per heavy atom. The first-order chi connectivity index (χ1) is 21.7. The van der Waals surface area contributed by atoms with Crippen LogP contribution in [0, 0.1) is 0 Å². The van der Waals surface area contributed by atoms with Gasteiger partial charge in [-0.1, -0.05) is 96.3 Å².